The van der Waals surface area contributed by atoms with Gasteiger partial charge in [0.1, 0.15) is 0 Å². The van der Waals surface area contributed by atoms with E-state index in [0.717, 1.165) is 21.2 Å². The Morgan fingerprint density at radius 1 is 0.611 bits per heavy atom. The van der Waals surface area contributed by atoms with Gasteiger partial charge in [-0.15, -0.1) is 0 Å². The molecule has 2 heteroatoms. The molecule has 0 bridgehead atoms. The van der Waals surface area contributed by atoms with Crippen LogP contribution in [-0.4, -0.2) is 0 Å². The molecule has 0 radical (unpaired) electrons. The number of halogens is 2. The van der Waals surface area contributed by atoms with Crippen LogP contribution in [0, 0.1) is 27.7 Å². The van der Waals surface area contributed by atoms with Crippen LogP contribution in [0.3, 0.4) is 0 Å². The predicted molar refractivity (Wildman–Crippen MR) is 80.8 cm³/mol. The highest BCUT2D eigenvalue weighted by molar-refractivity contribution is 6.32. The SMILES string of the molecule is Cc1ccc(Cl)c(C)c1-c1c(C)ccc(Cl)c1C. The fourth-order valence-corrected chi connectivity index (χ4v) is 2.73. The van der Waals surface area contributed by atoms with Crippen molar-refractivity contribution in [2.45, 2.75) is 27.7 Å². The molecule has 0 spiro atoms. The van der Waals surface area contributed by atoms with Crippen LogP contribution in [0.1, 0.15) is 22.3 Å². The standard InChI is InChI=1S/C16H16Cl2/c1-9-5-7-13(17)11(3)15(9)16-10(2)6-8-14(18)12(16)4/h5-8H,1-4H3. The fourth-order valence-electron chi connectivity index (χ4n) is 2.41. The van der Waals surface area contributed by atoms with Crippen LogP contribution in [0.15, 0.2) is 24.3 Å². The second-order valence-corrected chi connectivity index (χ2v) is 5.54. The molecule has 94 valence electrons. The Hall–Kier alpha value is -0.980. The van der Waals surface area contributed by atoms with Gasteiger partial charge in [-0.2, -0.15) is 0 Å². The Bertz CT molecular complexity index is 557. The summed E-state index contributed by atoms with van der Waals surface area (Å²) in [6.07, 6.45) is 0. The van der Waals surface area contributed by atoms with Crippen LogP contribution in [0.25, 0.3) is 11.1 Å². The van der Waals surface area contributed by atoms with Crippen LogP contribution in [0.2, 0.25) is 10.0 Å². The minimum Gasteiger partial charge on any atom is -0.0840 e. The summed E-state index contributed by atoms with van der Waals surface area (Å²) >= 11 is 12.5. The fraction of sp³-hybridized carbons (Fsp3) is 0.250. The van der Waals surface area contributed by atoms with Crippen molar-refractivity contribution < 1.29 is 0 Å². The Balaban J connectivity index is 2.85. The lowest BCUT2D eigenvalue weighted by Crippen LogP contribution is -1.95. The van der Waals surface area contributed by atoms with Gasteiger partial charge in [0.05, 0.1) is 0 Å². The zero-order chi connectivity index (χ0) is 13.4. The Labute approximate surface area is 119 Å². The van der Waals surface area contributed by atoms with E-state index in [1.165, 1.54) is 22.3 Å². The topological polar surface area (TPSA) is 0 Å². The van der Waals surface area contributed by atoms with E-state index >= 15 is 0 Å². The summed E-state index contributed by atoms with van der Waals surface area (Å²) < 4.78 is 0. The maximum Gasteiger partial charge on any atom is 0.0441 e. The average molecular weight is 279 g/mol. The first-order chi connectivity index (χ1) is 8.43. The largest absolute Gasteiger partial charge is 0.0840 e. The van der Waals surface area contributed by atoms with E-state index in [2.05, 4.69) is 39.8 Å². The molecule has 2 aromatic rings. The van der Waals surface area contributed by atoms with Crippen molar-refractivity contribution in [2.24, 2.45) is 0 Å². The van der Waals surface area contributed by atoms with Crippen molar-refractivity contribution in [3.63, 3.8) is 0 Å². The monoisotopic (exact) mass is 278 g/mol. The summed E-state index contributed by atoms with van der Waals surface area (Å²) in [6, 6.07) is 8.02. The van der Waals surface area contributed by atoms with Gasteiger partial charge in [0.25, 0.3) is 0 Å². The number of rotatable bonds is 1. The Kier molecular flexibility index (Phi) is 3.70. The van der Waals surface area contributed by atoms with Crippen LogP contribution in [0.4, 0.5) is 0 Å². The van der Waals surface area contributed by atoms with E-state index in [-0.39, 0.29) is 0 Å². The van der Waals surface area contributed by atoms with Gasteiger partial charge in [-0.1, -0.05) is 35.3 Å². The molecule has 0 aromatic heterocycles. The van der Waals surface area contributed by atoms with Crippen LogP contribution < -0.4 is 0 Å². The van der Waals surface area contributed by atoms with Gasteiger partial charge in [0.15, 0.2) is 0 Å². The molecular weight excluding hydrogens is 263 g/mol. The molecular formula is C16H16Cl2. The summed E-state index contributed by atoms with van der Waals surface area (Å²) in [4.78, 5) is 0. The molecule has 2 rings (SSSR count). The lowest BCUT2D eigenvalue weighted by Gasteiger charge is -2.17. The summed E-state index contributed by atoms with van der Waals surface area (Å²) in [5.41, 5.74) is 7.10. The molecule has 0 aliphatic heterocycles. The van der Waals surface area contributed by atoms with Gasteiger partial charge >= 0.3 is 0 Å². The van der Waals surface area contributed by atoms with Gasteiger partial charge in [-0.25, -0.2) is 0 Å². The van der Waals surface area contributed by atoms with E-state index in [1.807, 2.05) is 12.1 Å². The summed E-state index contributed by atoms with van der Waals surface area (Å²) in [7, 11) is 0. The van der Waals surface area contributed by atoms with Crippen molar-refractivity contribution >= 4 is 23.2 Å². The highest BCUT2D eigenvalue weighted by Crippen LogP contribution is 2.37. The number of aryl methyl sites for hydroxylation is 2. The number of hydrogen-bond donors (Lipinski definition) is 0. The van der Waals surface area contributed by atoms with Crippen molar-refractivity contribution in [1.82, 2.24) is 0 Å². The van der Waals surface area contributed by atoms with Gasteiger partial charge in [0, 0.05) is 10.0 Å². The minimum atomic E-state index is 0.800. The van der Waals surface area contributed by atoms with Crippen LogP contribution >= 0.6 is 23.2 Å². The molecule has 0 amide bonds. The second-order valence-electron chi connectivity index (χ2n) is 4.73. The van der Waals surface area contributed by atoms with E-state index in [9.17, 15) is 0 Å². The molecule has 0 saturated heterocycles. The van der Waals surface area contributed by atoms with Gasteiger partial charge in [-0.05, 0) is 73.2 Å². The van der Waals surface area contributed by atoms with Crippen molar-refractivity contribution in [3.8, 4) is 11.1 Å². The molecule has 0 atom stereocenters. The van der Waals surface area contributed by atoms with Crippen LogP contribution in [0.5, 0.6) is 0 Å². The zero-order valence-corrected chi connectivity index (χ0v) is 12.6. The van der Waals surface area contributed by atoms with E-state index in [4.69, 9.17) is 23.2 Å². The molecule has 0 N–H and O–H groups in total. The molecule has 2 aromatic carbocycles. The second kappa shape index (κ2) is 4.95. The Morgan fingerprint density at radius 3 is 1.28 bits per heavy atom. The first kappa shape index (κ1) is 13.5. The third-order valence-electron chi connectivity index (χ3n) is 3.46. The van der Waals surface area contributed by atoms with Crippen LogP contribution in [-0.2, 0) is 0 Å². The lowest BCUT2D eigenvalue weighted by molar-refractivity contribution is 1.32. The number of benzene rings is 2. The lowest BCUT2D eigenvalue weighted by atomic mass is 9.89. The van der Waals surface area contributed by atoms with E-state index < -0.39 is 0 Å². The molecule has 0 saturated carbocycles. The minimum absolute atomic E-state index is 0.800. The molecule has 0 fully saturated rings. The average Bonchev–Trinajstić information content (AvgIpc) is 2.33. The summed E-state index contributed by atoms with van der Waals surface area (Å²) in [5, 5.41) is 1.60. The first-order valence-corrected chi connectivity index (χ1v) is 6.71. The maximum atomic E-state index is 6.25. The summed E-state index contributed by atoms with van der Waals surface area (Å²) in [5.74, 6) is 0. The normalized spacial score (nSPS) is 10.8. The quantitative estimate of drug-likeness (QED) is 0.610. The molecule has 18 heavy (non-hydrogen) atoms. The highest BCUT2D eigenvalue weighted by atomic mass is 35.5. The molecule has 0 nitrogen and oxygen atoms in total. The third kappa shape index (κ3) is 2.15. The molecule has 0 aliphatic carbocycles. The predicted octanol–water partition coefficient (Wildman–Crippen LogP) is 5.89. The van der Waals surface area contributed by atoms with E-state index in [1.54, 1.807) is 0 Å². The Morgan fingerprint density at radius 2 is 0.944 bits per heavy atom. The zero-order valence-electron chi connectivity index (χ0n) is 11.1. The van der Waals surface area contributed by atoms with Crippen molar-refractivity contribution in [3.05, 3.63) is 56.6 Å². The molecule has 0 unspecified atom stereocenters. The highest BCUT2D eigenvalue weighted by Gasteiger charge is 2.14. The smallest absolute Gasteiger partial charge is 0.0441 e. The van der Waals surface area contributed by atoms with Gasteiger partial charge in [0.2, 0.25) is 0 Å². The summed E-state index contributed by atoms with van der Waals surface area (Å²) in [6.45, 7) is 8.34. The maximum absolute atomic E-state index is 6.25. The van der Waals surface area contributed by atoms with Gasteiger partial charge in [-0.3, -0.25) is 0 Å². The molecule has 0 aliphatic rings. The number of hydrogen-bond acceptors (Lipinski definition) is 0. The molecule has 0 heterocycles. The van der Waals surface area contributed by atoms with Crippen molar-refractivity contribution in [1.29, 1.82) is 0 Å². The van der Waals surface area contributed by atoms with Crippen molar-refractivity contribution in [2.75, 3.05) is 0 Å². The third-order valence-corrected chi connectivity index (χ3v) is 4.28. The van der Waals surface area contributed by atoms with E-state index in [0.29, 0.717) is 0 Å². The van der Waals surface area contributed by atoms with Gasteiger partial charge < -0.3 is 0 Å². The first-order valence-electron chi connectivity index (χ1n) is 5.95.